The quantitative estimate of drug-likeness (QED) is 0.420. The van der Waals surface area contributed by atoms with Crippen LogP contribution in [0.2, 0.25) is 0 Å². The van der Waals surface area contributed by atoms with Crippen molar-refractivity contribution in [2.75, 3.05) is 26.0 Å². The van der Waals surface area contributed by atoms with Crippen molar-refractivity contribution < 1.29 is 23.1 Å². The molecular weight excluding hydrogens is 452 g/mol. The highest BCUT2D eigenvalue weighted by atomic mass is 32.2. The molecule has 3 aromatic rings. The van der Waals surface area contributed by atoms with Crippen LogP contribution in [0, 0.1) is 6.92 Å². The van der Waals surface area contributed by atoms with Gasteiger partial charge in [0.15, 0.2) is 11.3 Å². The van der Waals surface area contributed by atoms with E-state index in [1.165, 1.54) is 22.7 Å². The SMILES string of the molecule is CCCc1nc(C)c2c(=O)n(N)c(-c3cc(S(=O)(=O)N(C)CC(=O)O)ccc3OCC)nn12. The molecule has 3 N–H and O–H groups in total. The van der Waals surface area contributed by atoms with Gasteiger partial charge >= 0.3 is 5.97 Å². The van der Waals surface area contributed by atoms with E-state index < -0.39 is 28.1 Å². The number of fused-ring (bicyclic) bond motifs is 1. The lowest BCUT2D eigenvalue weighted by Gasteiger charge is -2.18. The van der Waals surface area contributed by atoms with Crippen molar-refractivity contribution in [1.82, 2.24) is 23.6 Å². The molecule has 3 rings (SSSR count). The predicted octanol–water partition coefficient (Wildman–Crippen LogP) is 0.637. The fourth-order valence-corrected chi connectivity index (χ4v) is 4.58. The first kappa shape index (κ1) is 24.2. The van der Waals surface area contributed by atoms with E-state index >= 15 is 0 Å². The first-order valence-electron chi connectivity index (χ1n) is 10.2. The first-order chi connectivity index (χ1) is 15.5. The molecule has 0 aliphatic rings. The van der Waals surface area contributed by atoms with Crippen molar-refractivity contribution in [2.45, 2.75) is 38.5 Å². The number of aromatic nitrogens is 4. The topological polar surface area (TPSA) is 162 Å². The Morgan fingerprint density at radius 3 is 2.61 bits per heavy atom. The number of aryl methyl sites for hydroxylation is 2. The number of imidazole rings is 1. The normalized spacial score (nSPS) is 11.9. The van der Waals surface area contributed by atoms with E-state index in [0.29, 0.717) is 22.2 Å². The monoisotopic (exact) mass is 478 g/mol. The molecule has 0 radical (unpaired) electrons. The second-order valence-electron chi connectivity index (χ2n) is 7.37. The van der Waals surface area contributed by atoms with Crippen LogP contribution in [-0.2, 0) is 21.2 Å². The molecule has 0 unspecified atom stereocenters. The molecule has 12 nitrogen and oxygen atoms in total. The molecule has 2 aromatic heterocycles. The summed E-state index contributed by atoms with van der Waals surface area (Å²) in [5.41, 5.74) is 0.328. The van der Waals surface area contributed by atoms with Gasteiger partial charge in [-0.3, -0.25) is 9.59 Å². The molecule has 0 aliphatic heterocycles. The second kappa shape index (κ2) is 9.19. The molecule has 2 heterocycles. The zero-order valence-corrected chi connectivity index (χ0v) is 19.6. The molecule has 0 fully saturated rings. The van der Waals surface area contributed by atoms with E-state index in [9.17, 15) is 18.0 Å². The summed E-state index contributed by atoms with van der Waals surface area (Å²) in [4.78, 5) is 28.3. The molecule has 0 aliphatic carbocycles. The Labute approximate surface area is 190 Å². The number of aliphatic carboxylic acids is 1. The van der Waals surface area contributed by atoms with Crippen LogP contribution >= 0.6 is 0 Å². The largest absolute Gasteiger partial charge is 0.493 e. The molecule has 0 atom stereocenters. The molecular formula is C20H26N6O6S. The van der Waals surface area contributed by atoms with Crippen LogP contribution in [0.3, 0.4) is 0 Å². The number of hydrogen-bond acceptors (Lipinski definition) is 8. The fraction of sp³-hybridized carbons (Fsp3) is 0.400. The highest BCUT2D eigenvalue weighted by Gasteiger charge is 2.26. The van der Waals surface area contributed by atoms with E-state index in [1.807, 2.05) is 6.92 Å². The van der Waals surface area contributed by atoms with Gasteiger partial charge in [-0.25, -0.2) is 22.6 Å². The van der Waals surface area contributed by atoms with Gasteiger partial charge in [-0.15, -0.1) is 5.10 Å². The highest BCUT2D eigenvalue weighted by molar-refractivity contribution is 7.89. The third kappa shape index (κ3) is 4.41. The summed E-state index contributed by atoms with van der Waals surface area (Å²) in [7, 11) is -2.99. The standard InChI is InChI=1S/C20H26N6O6S/c1-5-7-16-22-12(3)18-20(29)25(21)19(23-26(16)18)14-10-13(8-9-15(14)32-6-2)33(30,31)24(4)11-17(27)28/h8-10H,5-7,11,21H2,1-4H3,(H,27,28). The lowest BCUT2D eigenvalue weighted by molar-refractivity contribution is -0.137. The Hall–Kier alpha value is -3.45. The molecule has 0 bridgehead atoms. The van der Waals surface area contributed by atoms with Gasteiger partial charge in [-0.2, -0.15) is 4.31 Å². The molecule has 0 amide bonds. The second-order valence-corrected chi connectivity index (χ2v) is 9.41. The summed E-state index contributed by atoms with van der Waals surface area (Å²) in [6, 6.07) is 3.98. The number of benzene rings is 1. The first-order valence-corrected chi connectivity index (χ1v) is 11.7. The maximum atomic E-state index is 13.0. The minimum Gasteiger partial charge on any atom is -0.493 e. The maximum absolute atomic E-state index is 13.0. The van der Waals surface area contributed by atoms with Crippen LogP contribution in [0.15, 0.2) is 27.9 Å². The van der Waals surface area contributed by atoms with E-state index in [1.54, 1.807) is 13.8 Å². The number of carboxylic acids is 1. The molecule has 33 heavy (non-hydrogen) atoms. The van der Waals surface area contributed by atoms with Gasteiger partial charge in [0.1, 0.15) is 18.1 Å². The highest BCUT2D eigenvalue weighted by Crippen LogP contribution is 2.31. The van der Waals surface area contributed by atoms with E-state index in [4.69, 9.17) is 15.7 Å². The van der Waals surface area contributed by atoms with Crippen LogP contribution in [0.5, 0.6) is 5.75 Å². The number of carbonyl (C=O) groups is 1. The van der Waals surface area contributed by atoms with Crippen molar-refractivity contribution in [2.24, 2.45) is 0 Å². The number of ether oxygens (including phenoxy) is 1. The average molecular weight is 479 g/mol. The van der Waals surface area contributed by atoms with E-state index in [-0.39, 0.29) is 34.2 Å². The summed E-state index contributed by atoms with van der Waals surface area (Å²) in [6.07, 6.45) is 1.34. The lowest BCUT2D eigenvalue weighted by Crippen LogP contribution is -2.33. The Balaban J connectivity index is 2.30. The van der Waals surface area contributed by atoms with Crippen LogP contribution in [0.4, 0.5) is 0 Å². The molecule has 0 saturated heterocycles. The van der Waals surface area contributed by atoms with E-state index in [2.05, 4.69) is 10.1 Å². The van der Waals surface area contributed by atoms with Gasteiger partial charge in [0.05, 0.1) is 22.8 Å². The van der Waals surface area contributed by atoms with Crippen molar-refractivity contribution in [1.29, 1.82) is 0 Å². The van der Waals surface area contributed by atoms with Crippen LogP contribution in [0.1, 0.15) is 31.8 Å². The van der Waals surface area contributed by atoms with Gasteiger partial charge in [0, 0.05) is 13.5 Å². The minimum absolute atomic E-state index is 0.0244. The summed E-state index contributed by atoms with van der Waals surface area (Å²) in [5, 5.41) is 13.5. The van der Waals surface area contributed by atoms with Crippen molar-refractivity contribution in [3.63, 3.8) is 0 Å². The Bertz CT molecular complexity index is 1380. The number of nitrogen functional groups attached to an aromatic ring is 1. The molecule has 178 valence electrons. The number of likely N-dealkylation sites (N-methyl/N-ethyl adjacent to an activating group) is 1. The van der Waals surface area contributed by atoms with Gasteiger partial charge < -0.3 is 15.7 Å². The number of sulfonamides is 1. The zero-order chi connectivity index (χ0) is 24.5. The molecule has 13 heteroatoms. The molecule has 0 spiro atoms. The summed E-state index contributed by atoms with van der Waals surface area (Å²) in [6.45, 7) is 4.95. The van der Waals surface area contributed by atoms with Gasteiger partial charge in [0.2, 0.25) is 10.0 Å². The number of nitrogens with two attached hydrogens (primary N) is 1. The van der Waals surface area contributed by atoms with Crippen molar-refractivity contribution >= 4 is 21.5 Å². The van der Waals surface area contributed by atoms with Gasteiger partial charge in [-0.05, 0) is 38.5 Å². The molecule has 1 aromatic carbocycles. The number of rotatable bonds is 9. The fourth-order valence-electron chi connectivity index (χ4n) is 3.43. The number of hydrogen-bond donors (Lipinski definition) is 2. The number of nitrogens with zero attached hydrogens (tertiary/aromatic N) is 5. The Kier molecular flexibility index (Phi) is 6.74. The van der Waals surface area contributed by atoms with Crippen molar-refractivity contribution in [3.8, 4) is 17.1 Å². The van der Waals surface area contributed by atoms with Gasteiger partial charge in [0.25, 0.3) is 5.56 Å². The third-order valence-electron chi connectivity index (χ3n) is 4.97. The van der Waals surface area contributed by atoms with Crippen LogP contribution in [0.25, 0.3) is 16.9 Å². The Morgan fingerprint density at radius 1 is 1.30 bits per heavy atom. The van der Waals surface area contributed by atoms with E-state index in [0.717, 1.165) is 18.1 Å². The predicted molar refractivity (Wildman–Crippen MR) is 120 cm³/mol. The zero-order valence-electron chi connectivity index (χ0n) is 18.8. The smallest absolute Gasteiger partial charge is 0.318 e. The van der Waals surface area contributed by atoms with Crippen LogP contribution in [-0.4, -0.2) is 63.3 Å². The average Bonchev–Trinajstić information content (AvgIpc) is 3.06. The minimum atomic E-state index is -4.15. The summed E-state index contributed by atoms with van der Waals surface area (Å²) >= 11 is 0. The summed E-state index contributed by atoms with van der Waals surface area (Å²) < 4.78 is 34.4. The molecule has 0 saturated carbocycles. The van der Waals surface area contributed by atoms with Gasteiger partial charge in [-0.1, -0.05) is 6.92 Å². The van der Waals surface area contributed by atoms with Crippen LogP contribution < -0.4 is 16.1 Å². The maximum Gasteiger partial charge on any atom is 0.318 e. The number of carboxylic acid groups (broad SMARTS) is 1. The van der Waals surface area contributed by atoms with Crippen molar-refractivity contribution in [3.05, 3.63) is 40.1 Å². The lowest BCUT2D eigenvalue weighted by atomic mass is 10.2. The summed E-state index contributed by atoms with van der Waals surface area (Å²) in [5.74, 6) is 5.61. The third-order valence-corrected chi connectivity index (χ3v) is 6.77. The Morgan fingerprint density at radius 2 is 2.00 bits per heavy atom.